The molecule has 0 saturated carbocycles. The number of carbonyl (C=O) groups excluding carboxylic acids is 4. The zero-order valence-corrected chi connectivity index (χ0v) is 17.9. The first-order valence-corrected chi connectivity index (χ1v) is 9.74. The van der Waals surface area contributed by atoms with E-state index in [1.54, 1.807) is 52.0 Å². The van der Waals surface area contributed by atoms with Crippen LogP contribution >= 0.6 is 0 Å². The molecule has 1 aromatic rings. The molecule has 2 unspecified atom stereocenters. The van der Waals surface area contributed by atoms with E-state index >= 15 is 0 Å². The lowest BCUT2D eigenvalue weighted by atomic mass is 10.0. The minimum atomic E-state index is -1.08. The summed E-state index contributed by atoms with van der Waals surface area (Å²) in [5.74, 6) is -1.66. The molecule has 1 aliphatic rings. The molecule has 30 heavy (non-hydrogen) atoms. The van der Waals surface area contributed by atoms with Crippen LogP contribution in [0.25, 0.3) is 0 Å². The third-order valence-corrected chi connectivity index (χ3v) is 4.18. The number of alkyl carbamates (subject to hydrolysis) is 1. The molecule has 0 aliphatic carbocycles. The summed E-state index contributed by atoms with van der Waals surface area (Å²) >= 11 is 0. The van der Waals surface area contributed by atoms with Crippen LogP contribution in [0.5, 0.6) is 0 Å². The molecule has 0 radical (unpaired) electrons. The SMILES string of the molecule is CCOC(=O)CN1C(=O)C(NC(=O)OC(C)(C)C)CC(OC(C)=O)c2ccccc21. The second-order valence-electron chi connectivity index (χ2n) is 7.82. The molecule has 1 aromatic carbocycles. The molecular formula is C21H28N2O7. The van der Waals surface area contributed by atoms with Gasteiger partial charge in [-0.15, -0.1) is 0 Å². The molecule has 9 nitrogen and oxygen atoms in total. The normalized spacial score (nSPS) is 18.7. The Kier molecular flexibility index (Phi) is 7.42. The first-order valence-electron chi connectivity index (χ1n) is 9.74. The summed E-state index contributed by atoms with van der Waals surface area (Å²) < 4.78 is 15.7. The van der Waals surface area contributed by atoms with Crippen molar-refractivity contribution in [2.45, 2.75) is 58.8 Å². The summed E-state index contributed by atoms with van der Waals surface area (Å²) in [5, 5.41) is 2.54. The predicted molar refractivity (Wildman–Crippen MR) is 108 cm³/mol. The molecule has 0 saturated heterocycles. The third kappa shape index (κ3) is 6.20. The van der Waals surface area contributed by atoms with Gasteiger partial charge in [-0.25, -0.2) is 4.79 Å². The van der Waals surface area contributed by atoms with Crippen molar-refractivity contribution in [2.75, 3.05) is 18.1 Å². The summed E-state index contributed by atoms with van der Waals surface area (Å²) in [7, 11) is 0. The fraction of sp³-hybridized carbons (Fsp3) is 0.524. The maximum absolute atomic E-state index is 13.3. The van der Waals surface area contributed by atoms with Crippen LogP contribution in [-0.4, -0.2) is 48.7 Å². The second kappa shape index (κ2) is 9.60. The number of amides is 2. The Labute approximate surface area is 175 Å². The van der Waals surface area contributed by atoms with Crippen LogP contribution < -0.4 is 10.2 Å². The predicted octanol–water partition coefficient (Wildman–Crippen LogP) is 2.48. The van der Waals surface area contributed by atoms with Gasteiger partial charge in [0.1, 0.15) is 24.3 Å². The van der Waals surface area contributed by atoms with Gasteiger partial charge in [0.15, 0.2) is 0 Å². The smallest absolute Gasteiger partial charge is 0.408 e. The van der Waals surface area contributed by atoms with Gasteiger partial charge >= 0.3 is 18.0 Å². The Morgan fingerprint density at radius 1 is 1.20 bits per heavy atom. The maximum Gasteiger partial charge on any atom is 0.408 e. The van der Waals surface area contributed by atoms with Gasteiger partial charge < -0.3 is 19.5 Å². The van der Waals surface area contributed by atoms with Crippen LogP contribution in [0, 0.1) is 0 Å². The van der Waals surface area contributed by atoms with Crippen molar-refractivity contribution in [1.29, 1.82) is 0 Å². The van der Waals surface area contributed by atoms with Gasteiger partial charge in [-0.2, -0.15) is 0 Å². The number of anilines is 1. The van der Waals surface area contributed by atoms with Gasteiger partial charge in [-0.3, -0.25) is 19.3 Å². The molecule has 0 bridgehead atoms. The third-order valence-electron chi connectivity index (χ3n) is 4.18. The molecular weight excluding hydrogens is 392 g/mol. The van der Waals surface area contributed by atoms with Crippen molar-refractivity contribution in [3.63, 3.8) is 0 Å². The Morgan fingerprint density at radius 3 is 2.47 bits per heavy atom. The number of ether oxygens (including phenoxy) is 3. The Bertz CT molecular complexity index is 816. The molecule has 2 rings (SSSR count). The quantitative estimate of drug-likeness (QED) is 0.575. The number of esters is 2. The minimum absolute atomic E-state index is 0.00596. The lowest BCUT2D eigenvalue weighted by molar-refractivity contribution is -0.147. The summed E-state index contributed by atoms with van der Waals surface area (Å²) in [6.07, 6.45) is -1.59. The first-order chi connectivity index (χ1) is 14.0. The van der Waals surface area contributed by atoms with E-state index in [2.05, 4.69) is 5.32 Å². The highest BCUT2D eigenvalue weighted by atomic mass is 16.6. The maximum atomic E-state index is 13.3. The topological polar surface area (TPSA) is 111 Å². The van der Waals surface area contributed by atoms with E-state index in [0.717, 1.165) is 0 Å². The van der Waals surface area contributed by atoms with Crippen LogP contribution in [0.15, 0.2) is 24.3 Å². The van der Waals surface area contributed by atoms with E-state index in [1.807, 2.05) is 0 Å². The van der Waals surface area contributed by atoms with Crippen molar-refractivity contribution < 1.29 is 33.4 Å². The number of nitrogens with zero attached hydrogens (tertiary/aromatic N) is 1. The van der Waals surface area contributed by atoms with Gasteiger partial charge in [-0.05, 0) is 33.8 Å². The molecule has 0 aromatic heterocycles. The van der Waals surface area contributed by atoms with Crippen LogP contribution in [0.4, 0.5) is 10.5 Å². The van der Waals surface area contributed by atoms with Gasteiger partial charge in [0.05, 0.1) is 12.3 Å². The van der Waals surface area contributed by atoms with Crippen molar-refractivity contribution in [1.82, 2.24) is 5.32 Å². The molecule has 164 valence electrons. The van der Waals surface area contributed by atoms with Gasteiger partial charge in [0, 0.05) is 18.9 Å². The summed E-state index contributed by atoms with van der Waals surface area (Å²) in [4.78, 5) is 50.6. The molecule has 0 fully saturated rings. The van der Waals surface area contributed by atoms with E-state index in [4.69, 9.17) is 14.2 Å². The highest BCUT2D eigenvalue weighted by Gasteiger charge is 2.38. The van der Waals surface area contributed by atoms with Gasteiger partial charge in [0.2, 0.25) is 5.91 Å². The fourth-order valence-electron chi connectivity index (χ4n) is 3.14. The highest BCUT2D eigenvalue weighted by Crippen LogP contribution is 2.36. The van der Waals surface area contributed by atoms with E-state index < -0.39 is 41.7 Å². The second-order valence-corrected chi connectivity index (χ2v) is 7.82. The summed E-state index contributed by atoms with van der Waals surface area (Å²) in [6.45, 7) is 7.85. The van der Waals surface area contributed by atoms with Gasteiger partial charge in [-0.1, -0.05) is 18.2 Å². The number of fused-ring (bicyclic) bond motifs is 1. The highest BCUT2D eigenvalue weighted by molar-refractivity contribution is 6.03. The van der Waals surface area contributed by atoms with Crippen LogP contribution in [0.1, 0.15) is 52.7 Å². The van der Waals surface area contributed by atoms with Crippen LogP contribution in [-0.2, 0) is 28.6 Å². The van der Waals surface area contributed by atoms with Crippen molar-refractivity contribution in [3.8, 4) is 0 Å². The average Bonchev–Trinajstić information content (AvgIpc) is 2.71. The number of rotatable bonds is 5. The molecule has 1 aliphatic heterocycles. The number of para-hydroxylation sites is 1. The van der Waals surface area contributed by atoms with Crippen LogP contribution in [0.3, 0.4) is 0 Å². The Balaban J connectivity index is 2.42. The number of nitrogens with one attached hydrogen (secondary N) is 1. The molecule has 1 N–H and O–H groups in total. The molecule has 2 amide bonds. The van der Waals surface area contributed by atoms with E-state index in [0.29, 0.717) is 11.3 Å². The average molecular weight is 420 g/mol. The first kappa shape index (κ1) is 23.2. The van der Waals surface area contributed by atoms with Crippen LogP contribution in [0.2, 0.25) is 0 Å². The molecule has 2 atom stereocenters. The van der Waals surface area contributed by atoms with Crippen molar-refractivity contribution >= 4 is 29.6 Å². The lowest BCUT2D eigenvalue weighted by Gasteiger charge is -2.26. The standard InChI is InChI=1S/C21H28N2O7/c1-6-28-18(25)12-23-16-10-8-7-9-14(16)17(29-13(2)24)11-15(19(23)26)22-20(27)30-21(3,4)5/h7-10,15,17H,6,11-12H2,1-5H3,(H,22,27). The zero-order valence-electron chi connectivity index (χ0n) is 17.9. The van der Waals surface area contributed by atoms with Crippen molar-refractivity contribution in [2.24, 2.45) is 0 Å². The largest absolute Gasteiger partial charge is 0.465 e. The Morgan fingerprint density at radius 2 is 1.87 bits per heavy atom. The summed E-state index contributed by atoms with van der Waals surface area (Å²) in [5.41, 5.74) is 0.204. The fourth-order valence-corrected chi connectivity index (χ4v) is 3.14. The van der Waals surface area contributed by atoms with E-state index in [1.165, 1.54) is 11.8 Å². The Hall–Kier alpha value is -3.10. The molecule has 0 spiro atoms. The summed E-state index contributed by atoms with van der Waals surface area (Å²) in [6, 6.07) is 5.73. The number of hydrogen-bond acceptors (Lipinski definition) is 7. The minimum Gasteiger partial charge on any atom is -0.465 e. The number of carbonyl (C=O) groups is 4. The number of hydrogen-bond donors (Lipinski definition) is 1. The van der Waals surface area contributed by atoms with E-state index in [9.17, 15) is 19.2 Å². The number of benzene rings is 1. The zero-order chi connectivity index (χ0) is 22.5. The van der Waals surface area contributed by atoms with E-state index in [-0.39, 0.29) is 19.6 Å². The monoisotopic (exact) mass is 420 g/mol. The lowest BCUT2D eigenvalue weighted by Crippen LogP contribution is -2.50. The molecule has 9 heteroatoms. The van der Waals surface area contributed by atoms with Gasteiger partial charge in [0.25, 0.3) is 0 Å². The van der Waals surface area contributed by atoms with Crippen molar-refractivity contribution in [3.05, 3.63) is 29.8 Å². The molecule has 1 heterocycles.